The van der Waals surface area contributed by atoms with Crippen molar-refractivity contribution in [3.05, 3.63) is 89.0 Å². The molecule has 0 atom stereocenters. The van der Waals surface area contributed by atoms with Gasteiger partial charge in [-0.1, -0.05) is 29.8 Å². The smallest absolute Gasteiger partial charge is 0.255 e. The van der Waals surface area contributed by atoms with E-state index in [1.165, 1.54) is 17.1 Å². The van der Waals surface area contributed by atoms with E-state index in [4.69, 9.17) is 4.42 Å². The number of aromatic nitrogens is 2. The van der Waals surface area contributed by atoms with E-state index in [2.05, 4.69) is 33.4 Å². The van der Waals surface area contributed by atoms with Crippen LogP contribution >= 0.6 is 11.8 Å². The molecule has 0 saturated carbocycles. The van der Waals surface area contributed by atoms with Gasteiger partial charge in [-0.25, -0.2) is 0 Å². The van der Waals surface area contributed by atoms with Crippen molar-refractivity contribution in [1.29, 1.82) is 0 Å². The van der Waals surface area contributed by atoms with Gasteiger partial charge in [-0.3, -0.25) is 9.69 Å². The Kier molecular flexibility index (Phi) is 6.97. The van der Waals surface area contributed by atoms with Crippen LogP contribution in [0.3, 0.4) is 0 Å². The average Bonchev–Trinajstić information content (AvgIpc) is 3.38. The predicted molar refractivity (Wildman–Crippen MR) is 142 cm³/mol. The molecule has 1 aliphatic heterocycles. The molecule has 3 aromatic carbocycles. The lowest BCUT2D eigenvalue weighted by molar-refractivity contribution is 0.102. The van der Waals surface area contributed by atoms with E-state index >= 15 is 0 Å². The number of carbonyl (C=O) groups is 1. The molecule has 1 fully saturated rings. The number of carbonyl (C=O) groups excluding carboxylic acids is 1. The van der Waals surface area contributed by atoms with Gasteiger partial charge in [0, 0.05) is 53.5 Å². The molecule has 0 radical (unpaired) electrons. The number of nitrogens with one attached hydrogen (secondary N) is 1. The molecule has 0 bridgehead atoms. The molecule has 35 heavy (non-hydrogen) atoms. The van der Waals surface area contributed by atoms with Gasteiger partial charge in [0.1, 0.15) is 0 Å². The van der Waals surface area contributed by atoms with Gasteiger partial charge in [0.05, 0.1) is 0 Å². The van der Waals surface area contributed by atoms with Gasteiger partial charge in [-0.15, -0.1) is 10.2 Å². The summed E-state index contributed by atoms with van der Waals surface area (Å²) in [6.07, 6.45) is 0. The van der Waals surface area contributed by atoms with Crippen LogP contribution in [0.2, 0.25) is 0 Å². The Balaban J connectivity index is 1.27. The highest BCUT2D eigenvalue weighted by molar-refractivity contribution is 7.99. The van der Waals surface area contributed by atoms with Crippen molar-refractivity contribution in [3.8, 4) is 22.9 Å². The quantitative estimate of drug-likeness (QED) is 0.372. The highest BCUT2D eigenvalue weighted by Gasteiger charge is 2.15. The van der Waals surface area contributed by atoms with E-state index in [9.17, 15) is 4.79 Å². The van der Waals surface area contributed by atoms with Crippen molar-refractivity contribution in [2.24, 2.45) is 0 Å². The second-order valence-electron chi connectivity index (χ2n) is 8.79. The van der Waals surface area contributed by atoms with Crippen molar-refractivity contribution >= 4 is 23.4 Å². The van der Waals surface area contributed by atoms with Crippen molar-refractivity contribution < 1.29 is 9.21 Å². The lowest BCUT2D eigenvalue weighted by Crippen LogP contribution is -2.32. The fourth-order valence-corrected chi connectivity index (χ4v) is 5.16. The second kappa shape index (κ2) is 10.5. The van der Waals surface area contributed by atoms with Crippen molar-refractivity contribution in [2.75, 3.05) is 29.9 Å². The molecule has 1 aliphatic rings. The maximum atomic E-state index is 13.0. The van der Waals surface area contributed by atoms with Crippen LogP contribution in [-0.4, -0.2) is 45.6 Å². The summed E-state index contributed by atoms with van der Waals surface area (Å²) in [5.41, 5.74) is 6.58. The fourth-order valence-electron chi connectivity index (χ4n) is 4.18. The van der Waals surface area contributed by atoms with Crippen LogP contribution in [0.5, 0.6) is 0 Å². The van der Waals surface area contributed by atoms with Gasteiger partial charge < -0.3 is 9.73 Å². The van der Waals surface area contributed by atoms with E-state index in [-0.39, 0.29) is 5.91 Å². The third-order valence-corrected chi connectivity index (χ3v) is 7.22. The first-order valence-electron chi connectivity index (χ1n) is 11.8. The SMILES string of the molecule is Cc1cccc(-c2nnc(-c3ccc(C(=O)Nc4cccc(CN5CCSCC5)c4C)cc3)o2)c1. The molecule has 1 aromatic heterocycles. The van der Waals surface area contributed by atoms with Gasteiger partial charge in [0.15, 0.2) is 0 Å². The zero-order valence-corrected chi connectivity index (χ0v) is 20.8. The Morgan fingerprint density at radius 1 is 0.943 bits per heavy atom. The molecule has 4 aromatic rings. The van der Waals surface area contributed by atoms with Gasteiger partial charge in [-0.05, 0) is 67.4 Å². The molecule has 0 spiro atoms. The number of hydrogen-bond acceptors (Lipinski definition) is 6. The van der Waals surface area contributed by atoms with Gasteiger partial charge in [0.25, 0.3) is 5.91 Å². The standard InChI is InChI=1S/C28H28N4O2S/c1-19-5-3-6-23(17-19)28-31-30-27(34-28)22-11-9-21(10-12-22)26(33)29-25-8-4-7-24(20(25)2)18-32-13-15-35-16-14-32/h3-12,17H,13-16,18H2,1-2H3,(H,29,33). The first kappa shape index (κ1) is 23.3. The molecule has 7 heteroatoms. The summed E-state index contributed by atoms with van der Waals surface area (Å²) >= 11 is 2.01. The topological polar surface area (TPSA) is 71.3 Å². The highest BCUT2D eigenvalue weighted by atomic mass is 32.2. The Bertz CT molecular complexity index is 1330. The Morgan fingerprint density at radius 2 is 1.66 bits per heavy atom. The summed E-state index contributed by atoms with van der Waals surface area (Å²) in [7, 11) is 0. The molecule has 178 valence electrons. The number of hydrogen-bond donors (Lipinski definition) is 1. The molecular weight excluding hydrogens is 456 g/mol. The van der Waals surface area contributed by atoms with Crippen molar-refractivity contribution in [3.63, 3.8) is 0 Å². The number of benzene rings is 3. The zero-order valence-electron chi connectivity index (χ0n) is 20.0. The Labute approximate surface area is 209 Å². The fraction of sp³-hybridized carbons (Fsp3) is 0.250. The maximum absolute atomic E-state index is 13.0. The van der Waals surface area contributed by atoms with Crippen LogP contribution in [0.1, 0.15) is 27.0 Å². The third-order valence-electron chi connectivity index (χ3n) is 6.28. The lowest BCUT2D eigenvalue weighted by Gasteiger charge is -2.27. The first-order chi connectivity index (χ1) is 17.1. The molecule has 0 aliphatic carbocycles. The molecule has 0 unspecified atom stereocenters. The van der Waals surface area contributed by atoms with Gasteiger partial charge in [0.2, 0.25) is 11.8 Å². The molecule has 2 heterocycles. The third kappa shape index (κ3) is 5.47. The van der Waals surface area contributed by atoms with Crippen LogP contribution in [0.15, 0.2) is 71.1 Å². The monoisotopic (exact) mass is 484 g/mol. The molecular formula is C28H28N4O2S. The van der Waals surface area contributed by atoms with E-state index in [0.717, 1.165) is 47.6 Å². The second-order valence-corrected chi connectivity index (χ2v) is 10.0. The van der Waals surface area contributed by atoms with Gasteiger partial charge in [-0.2, -0.15) is 11.8 Å². The largest absolute Gasteiger partial charge is 0.416 e. The van der Waals surface area contributed by atoms with E-state index < -0.39 is 0 Å². The number of amides is 1. The number of thioether (sulfide) groups is 1. The number of anilines is 1. The van der Waals surface area contributed by atoms with Crippen LogP contribution < -0.4 is 5.32 Å². The first-order valence-corrected chi connectivity index (χ1v) is 12.9. The minimum Gasteiger partial charge on any atom is -0.416 e. The Hall–Kier alpha value is -3.42. The summed E-state index contributed by atoms with van der Waals surface area (Å²) in [6, 6.07) is 21.3. The molecule has 5 rings (SSSR count). The number of rotatable bonds is 6. The van der Waals surface area contributed by atoms with Crippen LogP contribution in [0.25, 0.3) is 22.9 Å². The molecule has 6 nitrogen and oxygen atoms in total. The molecule has 1 N–H and O–H groups in total. The Morgan fingerprint density at radius 3 is 2.40 bits per heavy atom. The summed E-state index contributed by atoms with van der Waals surface area (Å²) in [4.78, 5) is 15.4. The minimum absolute atomic E-state index is 0.142. The summed E-state index contributed by atoms with van der Waals surface area (Å²) in [5, 5.41) is 11.4. The summed E-state index contributed by atoms with van der Waals surface area (Å²) in [5.74, 6) is 3.12. The van der Waals surface area contributed by atoms with E-state index in [1.807, 2.05) is 67.2 Å². The van der Waals surface area contributed by atoms with E-state index in [0.29, 0.717) is 17.3 Å². The van der Waals surface area contributed by atoms with Crippen molar-refractivity contribution in [1.82, 2.24) is 15.1 Å². The van der Waals surface area contributed by atoms with Crippen LogP contribution in [0.4, 0.5) is 5.69 Å². The lowest BCUT2D eigenvalue weighted by atomic mass is 10.1. The number of aryl methyl sites for hydroxylation is 1. The van der Waals surface area contributed by atoms with Crippen molar-refractivity contribution in [2.45, 2.75) is 20.4 Å². The maximum Gasteiger partial charge on any atom is 0.255 e. The normalized spacial score (nSPS) is 14.1. The van der Waals surface area contributed by atoms with Gasteiger partial charge >= 0.3 is 0 Å². The number of nitrogens with zero attached hydrogens (tertiary/aromatic N) is 3. The zero-order chi connectivity index (χ0) is 24.2. The van der Waals surface area contributed by atoms with Crippen LogP contribution in [-0.2, 0) is 6.54 Å². The van der Waals surface area contributed by atoms with E-state index in [1.54, 1.807) is 12.1 Å². The highest BCUT2D eigenvalue weighted by Crippen LogP contribution is 2.26. The molecule has 1 saturated heterocycles. The average molecular weight is 485 g/mol. The minimum atomic E-state index is -0.142. The summed E-state index contributed by atoms with van der Waals surface area (Å²) in [6.45, 7) is 7.24. The predicted octanol–water partition coefficient (Wildman–Crippen LogP) is 5.82. The molecule has 1 amide bonds. The summed E-state index contributed by atoms with van der Waals surface area (Å²) < 4.78 is 5.87. The van der Waals surface area contributed by atoms with Crippen LogP contribution in [0, 0.1) is 13.8 Å².